The Labute approximate surface area is 108 Å². The van der Waals surface area contributed by atoms with Crippen molar-refractivity contribution in [2.75, 3.05) is 25.5 Å². The molecule has 1 N–H and O–H groups in total. The van der Waals surface area contributed by atoms with Crippen LogP contribution in [0.2, 0.25) is 0 Å². The molecular weight excluding hydrogens is 234 g/mol. The van der Waals surface area contributed by atoms with Crippen molar-refractivity contribution in [2.45, 2.75) is 51.8 Å². The zero-order valence-corrected chi connectivity index (χ0v) is 12.4. The standard InChI is InChI=1S/C13H27NO2S/c1-5-14-12(13(2,3)4)10-17(15)11-6-8-16-9-7-11/h11-12,14H,5-10H2,1-4H3. The third-order valence-electron chi connectivity index (χ3n) is 3.37. The topological polar surface area (TPSA) is 38.3 Å². The Balaban J connectivity index is 2.51. The van der Waals surface area contributed by atoms with E-state index in [0.717, 1.165) is 38.4 Å². The number of rotatable bonds is 5. The van der Waals surface area contributed by atoms with Crippen molar-refractivity contribution in [1.82, 2.24) is 5.32 Å². The summed E-state index contributed by atoms with van der Waals surface area (Å²) in [5, 5.41) is 3.81. The van der Waals surface area contributed by atoms with Gasteiger partial charge in [0.15, 0.2) is 0 Å². The number of hydrogen-bond acceptors (Lipinski definition) is 3. The van der Waals surface area contributed by atoms with Crippen LogP contribution in [-0.4, -0.2) is 41.0 Å². The molecule has 3 nitrogen and oxygen atoms in total. The van der Waals surface area contributed by atoms with Crippen LogP contribution in [0.15, 0.2) is 0 Å². The van der Waals surface area contributed by atoms with Crippen LogP contribution in [0.25, 0.3) is 0 Å². The molecule has 2 unspecified atom stereocenters. The van der Waals surface area contributed by atoms with Gasteiger partial charge in [-0.2, -0.15) is 0 Å². The summed E-state index contributed by atoms with van der Waals surface area (Å²) in [6, 6.07) is 0.330. The van der Waals surface area contributed by atoms with Gasteiger partial charge in [-0.1, -0.05) is 27.7 Å². The molecule has 0 aromatic rings. The lowest BCUT2D eigenvalue weighted by atomic mass is 9.88. The summed E-state index contributed by atoms with van der Waals surface area (Å²) in [4.78, 5) is 0. The molecule has 0 spiro atoms. The van der Waals surface area contributed by atoms with E-state index in [2.05, 4.69) is 33.0 Å². The molecule has 0 saturated carbocycles. The molecule has 0 aromatic carbocycles. The van der Waals surface area contributed by atoms with Gasteiger partial charge in [-0.15, -0.1) is 0 Å². The molecule has 0 radical (unpaired) electrons. The predicted molar refractivity (Wildman–Crippen MR) is 73.8 cm³/mol. The molecule has 102 valence electrons. The average molecular weight is 261 g/mol. The minimum absolute atomic E-state index is 0.164. The van der Waals surface area contributed by atoms with Gasteiger partial charge in [-0.25, -0.2) is 0 Å². The van der Waals surface area contributed by atoms with E-state index in [1.54, 1.807) is 0 Å². The highest BCUT2D eigenvalue weighted by atomic mass is 32.2. The number of hydrogen-bond donors (Lipinski definition) is 1. The molecule has 0 aromatic heterocycles. The second-order valence-electron chi connectivity index (χ2n) is 5.84. The molecule has 1 saturated heterocycles. The van der Waals surface area contributed by atoms with Crippen molar-refractivity contribution in [3.8, 4) is 0 Å². The quantitative estimate of drug-likeness (QED) is 0.822. The van der Waals surface area contributed by atoms with Crippen molar-refractivity contribution in [1.29, 1.82) is 0 Å². The molecule has 17 heavy (non-hydrogen) atoms. The van der Waals surface area contributed by atoms with Gasteiger partial charge in [0.1, 0.15) is 0 Å². The fourth-order valence-electron chi connectivity index (χ4n) is 2.10. The van der Waals surface area contributed by atoms with Gasteiger partial charge in [-0.05, 0) is 24.8 Å². The molecule has 1 aliphatic rings. The van der Waals surface area contributed by atoms with E-state index >= 15 is 0 Å². The number of nitrogens with one attached hydrogen (secondary N) is 1. The maximum atomic E-state index is 12.3. The van der Waals surface area contributed by atoms with Crippen molar-refractivity contribution >= 4 is 10.8 Å². The van der Waals surface area contributed by atoms with E-state index in [1.165, 1.54) is 0 Å². The highest BCUT2D eigenvalue weighted by Crippen LogP contribution is 2.22. The molecule has 2 atom stereocenters. The molecule has 1 fully saturated rings. The first-order valence-corrected chi connectivity index (χ1v) is 8.01. The van der Waals surface area contributed by atoms with Gasteiger partial charge in [0.2, 0.25) is 0 Å². The van der Waals surface area contributed by atoms with Crippen LogP contribution in [0.4, 0.5) is 0 Å². The SMILES string of the molecule is CCNC(CS(=O)C1CCOCC1)C(C)(C)C. The lowest BCUT2D eigenvalue weighted by molar-refractivity contribution is 0.0991. The summed E-state index contributed by atoms with van der Waals surface area (Å²) in [5.74, 6) is 0.766. The Morgan fingerprint density at radius 2 is 1.94 bits per heavy atom. The maximum absolute atomic E-state index is 12.3. The molecule has 1 rings (SSSR count). The third-order valence-corrected chi connectivity index (χ3v) is 5.24. The second-order valence-corrected chi connectivity index (χ2v) is 7.60. The third kappa shape index (κ3) is 5.06. The van der Waals surface area contributed by atoms with E-state index in [9.17, 15) is 4.21 Å². The Morgan fingerprint density at radius 1 is 1.35 bits per heavy atom. The van der Waals surface area contributed by atoms with Crippen molar-refractivity contribution in [2.24, 2.45) is 5.41 Å². The van der Waals surface area contributed by atoms with Gasteiger partial charge in [0, 0.05) is 41.1 Å². The van der Waals surface area contributed by atoms with Crippen LogP contribution in [0.3, 0.4) is 0 Å². The van der Waals surface area contributed by atoms with E-state index in [-0.39, 0.29) is 5.41 Å². The van der Waals surface area contributed by atoms with Crippen LogP contribution in [0, 0.1) is 5.41 Å². The normalized spacial score (nSPS) is 22.4. The van der Waals surface area contributed by atoms with Crippen LogP contribution in [0.5, 0.6) is 0 Å². The first-order valence-electron chi connectivity index (χ1n) is 6.63. The Morgan fingerprint density at radius 3 is 2.41 bits per heavy atom. The van der Waals surface area contributed by atoms with Crippen LogP contribution < -0.4 is 5.32 Å². The fraction of sp³-hybridized carbons (Fsp3) is 1.00. The average Bonchev–Trinajstić information content (AvgIpc) is 2.28. The highest BCUT2D eigenvalue weighted by Gasteiger charge is 2.29. The minimum Gasteiger partial charge on any atom is -0.381 e. The molecule has 1 aliphatic heterocycles. The molecule has 0 amide bonds. The van der Waals surface area contributed by atoms with Crippen molar-refractivity contribution in [3.63, 3.8) is 0 Å². The Hall–Kier alpha value is 0.0700. The summed E-state index contributed by atoms with van der Waals surface area (Å²) in [6.45, 7) is 11.2. The number of ether oxygens (including phenoxy) is 1. The summed E-state index contributed by atoms with van der Waals surface area (Å²) >= 11 is 0. The van der Waals surface area contributed by atoms with Crippen LogP contribution in [-0.2, 0) is 15.5 Å². The predicted octanol–water partition coefficient (Wildman–Crippen LogP) is 1.94. The summed E-state index contributed by atoms with van der Waals surface area (Å²) in [6.07, 6.45) is 1.91. The van der Waals surface area contributed by atoms with Crippen LogP contribution >= 0.6 is 0 Å². The Kier molecular flexibility index (Phi) is 6.10. The van der Waals surface area contributed by atoms with Gasteiger partial charge in [0.25, 0.3) is 0 Å². The summed E-state index contributed by atoms with van der Waals surface area (Å²) in [5.41, 5.74) is 0.164. The minimum atomic E-state index is -0.727. The smallest absolute Gasteiger partial charge is 0.0477 e. The largest absolute Gasteiger partial charge is 0.381 e. The highest BCUT2D eigenvalue weighted by molar-refractivity contribution is 7.85. The van der Waals surface area contributed by atoms with Gasteiger partial charge in [-0.3, -0.25) is 4.21 Å². The summed E-state index contributed by atoms with van der Waals surface area (Å²) < 4.78 is 17.7. The van der Waals surface area contributed by atoms with Gasteiger partial charge >= 0.3 is 0 Å². The molecule has 4 heteroatoms. The lowest BCUT2D eigenvalue weighted by Gasteiger charge is -2.32. The van der Waals surface area contributed by atoms with Gasteiger partial charge < -0.3 is 10.1 Å². The van der Waals surface area contributed by atoms with Crippen LogP contribution in [0.1, 0.15) is 40.5 Å². The zero-order chi connectivity index (χ0) is 12.9. The van der Waals surface area contributed by atoms with Crippen molar-refractivity contribution in [3.05, 3.63) is 0 Å². The van der Waals surface area contributed by atoms with E-state index in [4.69, 9.17) is 4.74 Å². The van der Waals surface area contributed by atoms with Crippen molar-refractivity contribution < 1.29 is 8.95 Å². The molecule has 1 heterocycles. The molecular formula is C13H27NO2S. The first kappa shape index (κ1) is 15.1. The van der Waals surface area contributed by atoms with E-state index in [1.807, 2.05) is 0 Å². The fourth-order valence-corrected chi connectivity index (χ4v) is 4.04. The maximum Gasteiger partial charge on any atom is 0.0477 e. The first-order chi connectivity index (χ1) is 7.95. The van der Waals surface area contributed by atoms with E-state index in [0.29, 0.717) is 11.3 Å². The Bertz CT molecular complexity index is 244. The lowest BCUT2D eigenvalue weighted by Crippen LogP contribution is -2.45. The summed E-state index contributed by atoms with van der Waals surface area (Å²) in [7, 11) is -0.727. The van der Waals surface area contributed by atoms with Gasteiger partial charge in [0.05, 0.1) is 0 Å². The van der Waals surface area contributed by atoms with E-state index < -0.39 is 10.8 Å². The monoisotopic (exact) mass is 261 g/mol. The zero-order valence-electron chi connectivity index (χ0n) is 11.6. The molecule has 0 aliphatic carbocycles. The molecule has 0 bridgehead atoms. The second kappa shape index (κ2) is 6.86.